The van der Waals surface area contributed by atoms with Crippen molar-refractivity contribution in [2.75, 3.05) is 0 Å². The molecule has 17 heavy (non-hydrogen) atoms. The van der Waals surface area contributed by atoms with E-state index in [0.29, 0.717) is 6.54 Å². The highest BCUT2D eigenvalue weighted by atomic mass is 32.2. The van der Waals surface area contributed by atoms with Crippen LogP contribution in [0.3, 0.4) is 0 Å². The average Bonchev–Trinajstić information content (AvgIpc) is 2.38. The molecule has 0 saturated heterocycles. The molecule has 0 fully saturated rings. The van der Waals surface area contributed by atoms with Gasteiger partial charge in [0.15, 0.2) is 0 Å². The Hall–Kier alpha value is -1.32. The van der Waals surface area contributed by atoms with Crippen molar-refractivity contribution in [1.82, 2.24) is 0 Å². The predicted octanol–water partition coefficient (Wildman–Crippen LogP) is 3.58. The van der Waals surface area contributed by atoms with Crippen LogP contribution in [0.5, 0.6) is 0 Å². The molecule has 2 N–H and O–H groups in total. The van der Waals surface area contributed by atoms with Crippen LogP contribution in [0.25, 0.3) is 0 Å². The average molecular weight is 247 g/mol. The van der Waals surface area contributed by atoms with Crippen LogP contribution in [0.2, 0.25) is 0 Å². The number of nitrogens with two attached hydrogens (primary N) is 1. The second-order valence-corrected chi connectivity index (χ2v) is 4.82. The molecule has 88 valence electrons. The number of benzene rings is 2. The van der Waals surface area contributed by atoms with Crippen LogP contribution in [0.15, 0.2) is 53.4 Å². The van der Waals surface area contributed by atoms with Gasteiger partial charge in [-0.05, 0) is 35.4 Å². The van der Waals surface area contributed by atoms with Crippen molar-refractivity contribution in [3.8, 4) is 0 Å². The van der Waals surface area contributed by atoms with E-state index in [0.717, 1.165) is 16.2 Å². The zero-order valence-corrected chi connectivity index (χ0v) is 10.2. The zero-order valence-electron chi connectivity index (χ0n) is 9.40. The van der Waals surface area contributed by atoms with E-state index in [2.05, 4.69) is 12.1 Å². The van der Waals surface area contributed by atoms with Crippen LogP contribution in [0.4, 0.5) is 4.39 Å². The summed E-state index contributed by atoms with van der Waals surface area (Å²) >= 11 is 1.69. The number of halogens is 1. The number of hydrogen-bond acceptors (Lipinski definition) is 2. The predicted molar refractivity (Wildman–Crippen MR) is 70.3 cm³/mol. The van der Waals surface area contributed by atoms with Gasteiger partial charge in [-0.1, -0.05) is 24.3 Å². The maximum absolute atomic E-state index is 12.7. The molecule has 0 saturated carbocycles. The van der Waals surface area contributed by atoms with Gasteiger partial charge < -0.3 is 5.73 Å². The third-order valence-electron chi connectivity index (χ3n) is 2.45. The molecule has 0 radical (unpaired) electrons. The summed E-state index contributed by atoms with van der Waals surface area (Å²) in [7, 11) is 0. The summed E-state index contributed by atoms with van der Waals surface area (Å²) in [5.74, 6) is 0.680. The first-order valence-electron chi connectivity index (χ1n) is 5.44. The Balaban J connectivity index is 1.99. The van der Waals surface area contributed by atoms with Crippen LogP contribution in [0, 0.1) is 5.82 Å². The maximum atomic E-state index is 12.7. The van der Waals surface area contributed by atoms with Crippen LogP contribution in [0.1, 0.15) is 11.1 Å². The molecule has 0 aliphatic rings. The first kappa shape index (κ1) is 12.1. The minimum atomic E-state index is -0.195. The number of thioether (sulfide) groups is 1. The molecule has 0 amide bonds. The fourth-order valence-corrected chi connectivity index (χ4v) is 2.39. The van der Waals surface area contributed by atoms with E-state index < -0.39 is 0 Å². The molecule has 0 aliphatic heterocycles. The minimum absolute atomic E-state index is 0.195. The van der Waals surface area contributed by atoms with E-state index in [-0.39, 0.29) is 5.82 Å². The lowest BCUT2D eigenvalue weighted by atomic mass is 10.1. The molecule has 3 heteroatoms. The highest BCUT2D eigenvalue weighted by molar-refractivity contribution is 7.98. The smallest absolute Gasteiger partial charge is 0.123 e. The van der Waals surface area contributed by atoms with Crippen molar-refractivity contribution in [1.29, 1.82) is 0 Å². The molecule has 0 spiro atoms. The van der Waals surface area contributed by atoms with Gasteiger partial charge >= 0.3 is 0 Å². The van der Waals surface area contributed by atoms with Crippen molar-refractivity contribution >= 4 is 11.8 Å². The van der Waals surface area contributed by atoms with Crippen LogP contribution in [-0.4, -0.2) is 0 Å². The largest absolute Gasteiger partial charge is 0.326 e. The topological polar surface area (TPSA) is 26.0 Å². The van der Waals surface area contributed by atoms with Gasteiger partial charge in [0.1, 0.15) is 5.82 Å². The van der Waals surface area contributed by atoms with Crippen molar-refractivity contribution < 1.29 is 4.39 Å². The standard InChI is InChI=1S/C14H14FNS/c15-13-4-6-14(7-5-13)17-10-12-3-1-2-11(8-12)9-16/h1-8H,9-10,16H2. The molecular formula is C14H14FNS. The monoisotopic (exact) mass is 247 g/mol. The Bertz CT molecular complexity index is 482. The van der Waals surface area contributed by atoms with Crippen molar-refractivity contribution in [2.45, 2.75) is 17.2 Å². The fourth-order valence-electron chi connectivity index (χ4n) is 1.54. The number of hydrogen-bond donors (Lipinski definition) is 1. The second-order valence-electron chi connectivity index (χ2n) is 3.77. The molecule has 0 aliphatic carbocycles. The Morgan fingerprint density at radius 3 is 2.41 bits per heavy atom. The van der Waals surface area contributed by atoms with E-state index >= 15 is 0 Å². The first-order valence-corrected chi connectivity index (χ1v) is 6.43. The third-order valence-corrected chi connectivity index (χ3v) is 3.53. The Morgan fingerprint density at radius 1 is 1.00 bits per heavy atom. The third kappa shape index (κ3) is 3.58. The van der Waals surface area contributed by atoms with Gasteiger partial charge in [0.25, 0.3) is 0 Å². The van der Waals surface area contributed by atoms with Gasteiger partial charge in [-0.3, -0.25) is 0 Å². The first-order chi connectivity index (χ1) is 8.28. The molecular weight excluding hydrogens is 233 g/mol. The van der Waals surface area contributed by atoms with Crippen LogP contribution in [-0.2, 0) is 12.3 Å². The molecule has 1 nitrogen and oxygen atoms in total. The Labute approximate surface area is 105 Å². The summed E-state index contributed by atoms with van der Waals surface area (Å²) in [5, 5.41) is 0. The van der Waals surface area contributed by atoms with Crippen LogP contribution < -0.4 is 5.73 Å². The highest BCUT2D eigenvalue weighted by Gasteiger charge is 1.98. The summed E-state index contributed by atoms with van der Waals surface area (Å²) in [5.41, 5.74) is 7.97. The van der Waals surface area contributed by atoms with Crippen LogP contribution >= 0.6 is 11.8 Å². The lowest BCUT2D eigenvalue weighted by Gasteiger charge is -2.04. The van der Waals surface area contributed by atoms with Gasteiger partial charge in [-0.25, -0.2) is 4.39 Å². The molecule has 0 unspecified atom stereocenters. The van der Waals surface area contributed by atoms with Gasteiger partial charge in [-0.2, -0.15) is 0 Å². The fraction of sp³-hybridized carbons (Fsp3) is 0.143. The summed E-state index contributed by atoms with van der Waals surface area (Å²) < 4.78 is 12.7. The molecule has 0 aromatic heterocycles. The van der Waals surface area contributed by atoms with Gasteiger partial charge in [0, 0.05) is 17.2 Å². The summed E-state index contributed by atoms with van der Waals surface area (Å²) in [6.07, 6.45) is 0. The van der Waals surface area contributed by atoms with Gasteiger partial charge in [-0.15, -0.1) is 11.8 Å². The normalized spacial score (nSPS) is 10.5. The lowest BCUT2D eigenvalue weighted by Crippen LogP contribution is -1.96. The summed E-state index contributed by atoms with van der Waals surface area (Å²) in [6, 6.07) is 14.8. The molecule has 0 heterocycles. The van der Waals surface area contributed by atoms with E-state index in [1.807, 2.05) is 12.1 Å². The van der Waals surface area contributed by atoms with E-state index in [4.69, 9.17) is 5.73 Å². The minimum Gasteiger partial charge on any atom is -0.326 e. The second kappa shape index (κ2) is 5.84. The van der Waals surface area contributed by atoms with Crippen molar-refractivity contribution in [3.63, 3.8) is 0 Å². The summed E-state index contributed by atoms with van der Waals surface area (Å²) in [6.45, 7) is 0.565. The molecule has 2 aromatic rings. The lowest BCUT2D eigenvalue weighted by molar-refractivity contribution is 0.626. The van der Waals surface area contributed by atoms with Gasteiger partial charge in [0.05, 0.1) is 0 Å². The van der Waals surface area contributed by atoms with Crippen molar-refractivity contribution in [2.24, 2.45) is 5.73 Å². The van der Waals surface area contributed by atoms with E-state index in [1.54, 1.807) is 23.9 Å². The van der Waals surface area contributed by atoms with E-state index in [9.17, 15) is 4.39 Å². The van der Waals surface area contributed by atoms with Crippen molar-refractivity contribution in [3.05, 3.63) is 65.5 Å². The molecule has 2 rings (SSSR count). The maximum Gasteiger partial charge on any atom is 0.123 e. The van der Waals surface area contributed by atoms with E-state index in [1.165, 1.54) is 17.7 Å². The Kier molecular flexibility index (Phi) is 4.18. The van der Waals surface area contributed by atoms with Gasteiger partial charge in [0.2, 0.25) is 0 Å². The molecule has 0 atom stereocenters. The zero-order chi connectivity index (χ0) is 12.1. The molecule has 0 bridgehead atoms. The molecule has 2 aromatic carbocycles. The Morgan fingerprint density at radius 2 is 1.71 bits per heavy atom. The quantitative estimate of drug-likeness (QED) is 0.836. The SMILES string of the molecule is NCc1cccc(CSc2ccc(F)cc2)c1. The number of rotatable bonds is 4. The highest BCUT2D eigenvalue weighted by Crippen LogP contribution is 2.23. The summed E-state index contributed by atoms with van der Waals surface area (Å²) in [4.78, 5) is 1.07.